The van der Waals surface area contributed by atoms with Crippen molar-refractivity contribution in [2.75, 3.05) is 13.1 Å². The zero-order valence-electron chi connectivity index (χ0n) is 16.9. The molecular formula is C25H23N3O2. The maximum atomic E-state index is 12.0. The van der Waals surface area contributed by atoms with E-state index >= 15 is 0 Å². The van der Waals surface area contributed by atoms with Gasteiger partial charge in [0.2, 0.25) is 0 Å². The fourth-order valence-corrected chi connectivity index (χ4v) is 4.18. The molecule has 1 aromatic carbocycles. The first-order chi connectivity index (χ1) is 14.7. The number of phenols is 1. The Bertz CT molecular complexity index is 1100. The van der Waals surface area contributed by atoms with Gasteiger partial charge in [-0.15, -0.1) is 5.92 Å². The quantitative estimate of drug-likeness (QED) is 0.633. The van der Waals surface area contributed by atoms with Crippen LogP contribution in [0.4, 0.5) is 0 Å². The van der Waals surface area contributed by atoms with Gasteiger partial charge in [-0.25, -0.2) is 4.79 Å². The van der Waals surface area contributed by atoms with Crippen LogP contribution < -0.4 is 0 Å². The van der Waals surface area contributed by atoms with E-state index < -0.39 is 0 Å². The lowest BCUT2D eigenvalue weighted by Gasteiger charge is -2.36. The smallest absolute Gasteiger partial charge is 0.146 e. The molecule has 0 saturated carbocycles. The zero-order valence-corrected chi connectivity index (χ0v) is 16.9. The van der Waals surface area contributed by atoms with E-state index in [-0.39, 0.29) is 11.7 Å². The number of hydrogen-bond acceptors (Lipinski definition) is 5. The van der Waals surface area contributed by atoms with E-state index in [2.05, 4.69) is 27.7 Å². The van der Waals surface area contributed by atoms with Crippen LogP contribution in [-0.2, 0) is 11.2 Å². The average molecular weight is 397 g/mol. The molecule has 1 unspecified atom stereocenters. The average Bonchev–Trinajstić information content (AvgIpc) is 3.19. The molecule has 0 radical (unpaired) electrons. The summed E-state index contributed by atoms with van der Waals surface area (Å²) < 4.78 is 0. The van der Waals surface area contributed by atoms with Crippen molar-refractivity contribution in [3.8, 4) is 17.6 Å². The third-order valence-electron chi connectivity index (χ3n) is 5.58. The van der Waals surface area contributed by atoms with Crippen molar-refractivity contribution in [1.82, 2.24) is 9.88 Å². The SMILES string of the molecule is CC#CC1=C(N2CCCC(Cc3ccc(O)cc3)C2=C=O)CN=C1c1ccncc1. The predicted octanol–water partition coefficient (Wildman–Crippen LogP) is 3.54. The Morgan fingerprint density at radius 2 is 1.93 bits per heavy atom. The van der Waals surface area contributed by atoms with Gasteiger partial charge >= 0.3 is 0 Å². The Balaban J connectivity index is 1.66. The molecule has 3 heterocycles. The highest BCUT2D eigenvalue weighted by atomic mass is 16.3. The summed E-state index contributed by atoms with van der Waals surface area (Å²) in [5, 5.41) is 9.53. The molecule has 1 saturated heterocycles. The van der Waals surface area contributed by atoms with Crippen molar-refractivity contribution in [1.29, 1.82) is 0 Å². The van der Waals surface area contributed by atoms with E-state index in [1.807, 2.05) is 31.2 Å². The summed E-state index contributed by atoms with van der Waals surface area (Å²) in [5.74, 6) is 8.78. The molecule has 1 aromatic heterocycles. The largest absolute Gasteiger partial charge is 0.508 e. The highest BCUT2D eigenvalue weighted by Crippen LogP contribution is 2.34. The number of piperidine rings is 1. The van der Waals surface area contributed by atoms with Crippen LogP contribution in [0.2, 0.25) is 0 Å². The van der Waals surface area contributed by atoms with Gasteiger partial charge in [0.05, 0.1) is 23.5 Å². The third-order valence-corrected chi connectivity index (χ3v) is 5.58. The van der Waals surface area contributed by atoms with Crippen molar-refractivity contribution in [3.05, 3.63) is 76.9 Å². The molecule has 1 N–H and O–H groups in total. The molecule has 0 spiro atoms. The number of nitrogens with zero attached hydrogens (tertiary/aromatic N) is 3. The zero-order chi connectivity index (χ0) is 20.9. The first kappa shape index (κ1) is 19.7. The Morgan fingerprint density at radius 1 is 1.17 bits per heavy atom. The van der Waals surface area contributed by atoms with Crippen molar-refractivity contribution in [3.63, 3.8) is 0 Å². The predicted molar refractivity (Wildman–Crippen MR) is 117 cm³/mol. The monoisotopic (exact) mass is 397 g/mol. The van der Waals surface area contributed by atoms with Gasteiger partial charge in [0.25, 0.3) is 0 Å². The summed E-state index contributed by atoms with van der Waals surface area (Å²) in [6, 6.07) is 11.0. The fraction of sp³-hybridized carbons (Fsp3) is 0.280. The lowest BCUT2D eigenvalue weighted by molar-refractivity contribution is 0.287. The van der Waals surface area contributed by atoms with Gasteiger partial charge in [-0.05, 0) is 56.0 Å². The Labute approximate surface area is 176 Å². The second kappa shape index (κ2) is 8.82. The standard InChI is InChI=1S/C25H23N3O2/c1-2-4-22-23(16-27-25(22)19-10-12-26-13-11-19)28-14-3-5-20(24(28)17-29)15-18-6-8-21(30)9-7-18/h6-13,20,30H,3,5,14-16H2,1H3. The molecule has 0 aliphatic carbocycles. The van der Waals surface area contributed by atoms with Gasteiger partial charge in [0.15, 0.2) is 0 Å². The first-order valence-corrected chi connectivity index (χ1v) is 10.1. The summed E-state index contributed by atoms with van der Waals surface area (Å²) in [4.78, 5) is 23.0. The molecule has 30 heavy (non-hydrogen) atoms. The second-order valence-electron chi connectivity index (χ2n) is 7.45. The minimum atomic E-state index is 0.0779. The molecule has 2 aliphatic heterocycles. The molecule has 2 aromatic rings. The van der Waals surface area contributed by atoms with Gasteiger partial charge in [-0.3, -0.25) is 9.98 Å². The lowest BCUT2D eigenvalue weighted by Crippen LogP contribution is -2.35. The number of rotatable bonds is 4. The molecule has 0 bridgehead atoms. The molecule has 5 nitrogen and oxygen atoms in total. The molecule has 2 aliphatic rings. The molecule has 1 atom stereocenters. The number of likely N-dealkylation sites (tertiary alicyclic amines) is 1. The Hall–Kier alpha value is -3.61. The maximum absolute atomic E-state index is 12.0. The highest BCUT2D eigenvalue weighted by Gasteiger charge is 2.32. The van der Waals surface area contributed by atoms with E-state index in [9.17, 15) is 9.90 Å². The third kappa shape index (κ3) is 3.91. The van der Waals surface area contributed by atoms with E-state index in [1.165, 1.54) is 0 Å². The molecule has 4 rings (SSSR count). The van der Waals surface area contributed by atoms with Crippen LogP contribution in [0.5, 0.6) is 5.75 Å². The number of carbonyl (C=O) groups excluding carboxylic acids is 1. The number of hydrogen-bond donors (Lipinski definition) is 1. The van der Waals surface area contributed by atoms with Crippen LogP contribution >= 0.6 is 0 Å². The molecular weight excluding hydrogens is 374 g/mol. The van der Waals surface area contributed by atoms with Gasteiger partial charge < -0.3 is 10.0 Å². The summed E-state index contributed by atoms with van der Waals surface area (Å²) in [5.41, 5.74) is 5.45. The maximum Gasteiger partial charge on any atom is 0.146 e. The van der Waals surface area contributed by atoms with E-state index in [0.29, 0.717) is 12.2 Å². The molecule has 0 amide bonds. The van der Waals surface area contributed by atoms with Crippen LogP contribution in [-0.4, -0.2) is 39.7 Å². The van der Waals surface area contributed by atoms with Crippen molar-refractivity contribution in [2.45, 2.75) is 26.2 Å². The van der Waals surface area contributed by atoms with Gasteiger partial charge in [-0.2, -0.15) is 0 Å². The van der Waals surface area contributed by atoms with Crippen LogP contribution in [0.1, 0.15) is 30.9 Å². The molecule has 1 fully saturated rings. The summed E-state index contributed by atoms with van der Waals surface area (Å²) in [6.45, 7) is 3.08. The molecule has 5 heteroatoms. The minimum absolute atomic E-state index is 0.0779. The normalized spacial score (nSPS) is 18.6. The number of aliphatic imine (C=N–C) groups is 1. The van der Waals surface area contributed by atoms with Crippen molar-refractivity contribution in [2.24, 2.45) is 10.9 Å². The fourth-order valence-electron chi connectivity index (χ4n) is 4.18. The Morgan fingerprint density at radius 3 is 2.63 bits per heavy atom. The summed E-state index contributed by atoms with van der Waals surface area (Å²) in [7, 11) is 0. The van der Waals surface area contributed by atoms with Gasteiger partial charge in [0.1, 0.15) is 17.4 Å². The van der Waals surface area contributed by atoms with E-state index in [4.69, 9.17) is 4.99 Å². The van der Waals surface area contributed by atoms with Crippen LogP contribution in [0.25, 0.3) is 0 Å². The molecule has 150 valence electrons. The van der Waals surface area contributed by atoms with Crippen LogP contribution in [0, 0.1) is 17.8 Å². The second-order valence-corrected chi connectivity index (χ2v) is 7.45. The van der Waals surface area contributed by atoms with E-state index in [0.717, 1.165) is 53.9 Å². The number of pyridine rings is 1. The number of phenolic OH excluding ortho intramolecular Hbond substituents is 1. The summed E-state index contributed by atoms with van der Waals surface area (Å²) >= 11 is 0. The summed E-state index contributed by atoms with van der Waals surface area (Å²) in [6.07, 6.45) is 6.15. The van der Waals surface area contributed by atoms with Crippen LogP contribution in [0.3, 0.4) is 0 Å². The van der Waals surface area contributed by atoms with Crippen LogP contribution in [0.15, 0.2) is 70.8 Å². The van der Waals surface area contributed by atoms with Crippen molar-refractivity contribution >= 4 is 11.7 Å². The first-order valence-electron chi connectivity index (χ1n) is 10.1. The number of benzene rings is 1. The topological polar surface area (TPSA) is 65.8 Å². The minimum Gasteiger partial charge on any atom is -0.508 e. The van der Waals surface area contributed by atoms with E-state index in [1.54, 1.807) is 24.5 Å². The number of aromatic nitrogens is 1. The highest BCUT2D eigenvalue weighted by molar-refractivity contribution is 6.17. The van der Waals surface area contributed by atoms with Gasteiger partial charge in [0, 0.05) is 30.4 Å². The lowest BCUT2D eigenvalue weighted by atomic mass is 9.87. The van der Waals surface area contributed by atoms with Gasteiger partial charge in [-0.1, -0.05) is 18.1 Å². The van der Waals surface area contributed by atoms with Crippen molar-refractivity contribution < 1.29 is 9.90 Å². The number of aromatic hydroxyl groups is 1. The number of allylic oxidation sites excluding steroid dienone is 2. The Kier molecular flexibility index (Phi) is 5.79.